The highest BCUT2D eigenvalue weighted by Crippen LogP contribution is 2.38. The Bertz CT molecular complexity index is 1930. The lowest BCUT2D eigenvalue weighted by Crippen LogP contribution is -2.41. The zero-order valence-corrected chi connectivity index (χ0v) is 24.6. The molecule has 3 aromatic carbocycles. The lowest BCUT2D eigenvalue weighted by atomic mass is 9.95. The van der Waals surface area contributed by atoms with Crippen molar-refractivity contribution in [3.8, 4) is 11.5 Å². The predicted octanol–water partition coefficient (Wildman–Crippen LogP) is 5.22. The molecule has 5 rings (SSSR count). The summed E-state index contributed by atoms with van der Waals surface area (Å²) in [5, 5.41) is 0.317. The minimum Gasteiger partial charge on any atom is -0.497 e. The van der Waals surface area contributed by atoms with Gasteiger partial charge in [-0.1, -0.05) is 47.2 Å². The molecule has 1 aliphatic heterocycles. The number of ether oxygens (including phenoxy) is 3. The van der Waals surface area contributed by atoms with E-state index in [9.17, 15) is 27.6 Å². The molecule has 1 aromatic heterocycles. The van der Waals surface area contributed by atoms with Crippen LogP contribution < -0.4 is 24.4 Å². The number of thiazole rings is 1. The maximum absolute atomic E-state index is 14.3. The number of hydrogen-bond donors (Lipinski definition) is 0. The highest BCUT2D eigenvalue weighted by atomic mass is 35.5. The van der Waals surface area contributed by atoms with Crippen LogP contribution in [0.4, 0.5) is 13.2 Å². The van der Waals surface area contributed by atoms with Gasteiger partial charge >= 0.3 is 18.1 Å². The molecule has 4 aromatic rings. The Balaban J connectivity index is 1.55. The van der Waals surface area contributed by atoms with E-state index in [0.29, 0.717) is 21.9 Å². The van der Waals surface area contributed by atoms with Crippen LogP contribution in [0.25, 0.3) is 6.08 Å². The summed E-state index contributed by atoms with van der Waals surface area (Å²) in [5.41, 5.74) is -1.87. The van der Waals surface area contributed by atoms with Gasteiger partial charge in [-0.3, -0.25) is 9.36 Å². The molecule has 0 saturated carbocycles. The van der Waals surface area contributed by atoms with E-state index in [2.05, 4.69) is 4.99 Å². The average Bonchev–Trinajstić information content (AvgIpc) is 3.31. The number of aromatic nitrogens is 1. The van der Waals surface area contributed by atoms with Crippen LogP contribution in [0.15, 0.2) is 93.9 Å². The number of carbonyl (C=O) groups excluding carboxylic acids is 2. The van der Waals surface area contributed by atoms with Crippen molar-refractivity contribution >= 4 is 41.0 Å². The van der Waals surface area contributed by atoms with Gasteiger partial charge in [-0.2, -0.15) is 13.2 Å². The summed E-state index contributed by atoms with van der Waals surface area (Å²) >= 11 is 6.74. The predicted molar refractivity (Wildman–Crippen MR) is 157 cm³/mol. The summed E-state index contributed by atoms with van der Waals surface area (Å²) in [7, 11) is 1.51. The van der Waals surface area contributed by atoms with Crippen molar-refractivity contribution in [1.29, 1.82) is 0 Å². The molecule has 1 aliphatic rings. The summed E-state index contributed by atoms with van der Waals surface area (Å²) in [5.74, 6) is -1.00. The topological polar surface area (TPSA) is 96.2 Å². The number of fused-ring (bicyclic) bond motifs is 1. The molecule has 226 valence electrons. The minimum atomic E-state index is -5.01. The first-order valence-corrected chi connectivity index (χ1v) is 14.2. The van der Waals surface area contributed by atoms with Gasteiger partial charge in [0.2, 0.25) is 0 Å². The SMILES string of the molecule is CCOC(=O)C1=C(C(F)(F)F)N=c2s/c(=C\c3ccc(OC(=O)c4ccc(OC)cc4)cc3)c(=O)n2[C@@H]1c1ccc(Cl)cc1. The fraction of sp³-hybridized carbons (Fsp3) is 0.161. The number of benzene rings is 3. The summed E-state index contributed by atoms with van der Waals surface area (Å²) in [4.78, 5) is 42.6. The molecule has 0 saturated heterocycles. The molecule has 0 bridgehead atoms. The van der Waals surface area contributed by atoms with Crippen LogP contribution in [0, 0.1) is 0 Å². The number of alkyl halides is 3. The van der Waals surface area contributed by atoms with Crippen molar-refractivity contribution in [2.75, 3.05) is 13.7 Å². The Morgan fingerprint density at radius 3 is 2.20 bits per heavy atom. The third-order valence-electron chi connectivity index (χ3n) is 6.49. The lowest BCUT2D eigenvalue weighted by Gasteiger charge is -2.26. The second-order valence-corrected chi connectivity index (χ2v) is 10.7. The van der Waals surface area contributed by atoms with Gasteiger partial charge in [-0.15, -0.1) is 0 Å². The van der Waals surface area contributed by atoms with Gasteiger partial charge in [0.15, 0.2) is 10.5 Å². The van der Waals surface area contributed by atoms with Crippen molar-refractivity contribution in [2.24, 2.45) is 4.99 Å². The van der Waals surface area contributed by atoms with Crippen molar-refractivity contribution in [2.45, 2.75) is 19.1 Å². The lowest BCUT2D eigenvalue weighted by molar-refractivity contribution is -0.140. The van der Waals surface area contributed by atoms with Crippen LogP contribution in [-0.2, 0) is 9.53 Å². The Hall–Kier alpha value is -4.68. The molecule has 8 nitrogen and oxygen atoms in total. The highest BCUT2D eigenvalue weighted by Gasteiger charge is 2.45. The van der Waals surface area contributed by atoms with Crippen LogP contribution >= 0.6 is 22.9 Å². The molecule has 0 aliphatic carbocycles. The average molecular weight is 643 g/mol. The molecule has 0 spiro atoms. The minimum absolute atomic E-state index is 0.0670. The quantitative estimate of drug-likeness (QED) is 0.203. The van der Waals surface area contributed by atoms with E-state index >= 15 is 0 Å². The molecular weight excluding hydrogens is 621 g/mol. The fourth-order valence-electron chi connectivity index (χ4n) is 4.48. The van der Waals surface area contributed by atoms with E-state index in [1.54, 1.807) is 36.4 Å². The highest BCUT2D eigenvalue weighted by molar-refractivity contribution is 7.07. The normalized spacial score (nSPS) is 15.0. The molecule has 0 radical (unpaired) electrons. The van der Waals surface area contributed by atoms with Crippen LogP contribution in [0.3, 0.4) is 0 Å². The monoisotopic (exact) mass is 642 g/mol. The number of methoxy groups -OCH3 is 1. The summed E-state index contributed by atoms with van der Waals surface area (Å²) in [6.45, 7) is 1.28. The molecule has 0 fully saturated rings. The molecular formula is C31H22ClF3N2O6S. The second kappa shape index (κ2) is 12.5. The number of rotatable bonds is 7. The molecule has 0 N–H and O–H groups in total. The van der Waals surface area contributed by atoms with E-state index in [4.69, 9.17) is 25.8 Å². The number of carbonyl (C=O) groups is 2. The molecule has 44 heavy (non-hydrogen) atoms. The largest absolute Gasteiger partial charge is 0.497 e. The van der Waals surface area contributed by atoms with Crippen molar-refractivity contribution in [3.05, 3.63) is 125 Å². The maximum Gasteiger partial charge on any atom is 0.434 e. The first kappa shape index (κ1) is 30.8. The number of allylic oxidation sites excluding steroid dienone is 1. The van der Waals surface area contributed by atoms with E-state index in [0.717, 1.165) is 15.9 Å². The summed E-state index contributed by atoms with van der Waals surface area (Å²) in [6.07, 6.45) is -3.54. The number of hydrogen-bond acceptors (Lipinski definition) is 8. The van der Waals surface area contributed by atoms with Gasteiger partial charge in [0.1, 0.15) is 11.5 Å². The van der Waals surface area contributed by atoms with Crippen LogP contribution in [0.1, 0.15) is 34.5 Å². The number of halogens is 4. The smallest absolute Gasteiger partial charge is 0.434 e. The third kappa shape index (κ3) is 6.31. The molecule has 13 heteroatoms. The van der Waals surface area contributed by atoms with Crippen molar-refractivity contribution in [1.82, 2.24) is 4.57 Å². The second-order valence-electron chi connectivity index (χ2n) is 9.30. The first-order valence-electron chi connectivity index (χ1n) is 13.0. The summed E-state index contributed by atoms with van der Waals surface area (Å²) in [6, 6.07) is 16.9. The van der Waals surface area contributed by atoms with Gasteiger partial charge in [-0.05, 0) is 72.7 Å². The van der Waals surface area contributed by atoms with E-state index in [1.165, 1.54) is 56.5 Å². The van der Waals surface area contributed by atoms with E-state index in [1.807, 2.05) is 0 Å². The standard InChI is InChI=1S/C31H22ClF3N2O6S/c1-3-42-29(40)24-25(18-6-10-20(32)11-7-18)37-27(38)23(44-30(37)36-26(24)31(33,34)35)16-17-4-12-22(13-5-17)43-28(39)19-8-14-21(41-2)15-9-19/h4-16,25H,3H2,1-2H3/b23-16-/t25-/m1/s1. The number of esters is 2. The van der Waals surface area contributed by atoms with E-state index < -0.39 is 41.0 Å². The third-order valence-corrected chi connectivity index (χ3v) is 7.73. The molecule has 0 unspecified atom stereocenters. The summed E-state index contributed by atoms with van der Waals surface area (Å²) < 4.78 is 59.3. The van der Waals surface area contributed by atoms with E-state index in [-0.39, 0.29) is 27.3 Å². The first-order chi connectivity index (χ1) is 21.0. The van der Waals surface area contributed by atoms with Gasteiger partial charge in [0, 0.05) is 5.02 Å². The van der Waals surface area contributed by atoms with Gasteiger partial charge in [0.05, 0.1) is 35.4 Å². The van der Waals surface area contributed by atoms with Crippen LogP contribution in [0.5, 0.6) is 11.5 Å². The molecule has 0 amide bonds. The molecule has 2 heterocycles. The van der Waals surface area contributed by atoms with Crippen LogP contribution in [0.2, 0.25) is 5.02 Å². The Labute approximate surface area is 256 Å². The fourth-order valence-corrected chi connectivity index (χ4v) is 5.60. The Morgan fingerprint density at radius 1 is 0.977 bits per heavy atom. The zero-order valence-electron chi connectivity index (χ0n) is 23.1. The Kier molecular flexibility index (Phi) is 8.75. The number of nitrogens with zero attached hydrogens (tertiary/aromatic N) is 2. The maximum atomic E-state index is 14.3. The van der Waals surface area contributed by atoms with Crippen molar-refractivity contribution in [3.63, 3.8) is 0 Å². The van der Waals surface area contributed by atoms with Gasteiger partial charge < -0.3 is 14.2 Å². The van der Waals surface area contributed by atoms with Crippen molar-refractivity contribution < 1.29 is 37.0 Å². The molecule has 1 atom stereocenters. The van der Waals surface area contributed by atoms with Gasteiger partial charge in [-0.25, -0.2) is 14.6 Å². The van der Waals surface area contributed by atoms with Crippen LogP contribution in [-0.4, -0.2) is 36.4 Å². The Morgan fingerprint density at radius 2 is 1.61 bits per heavy atom. The van der Waals surface area contributed by atoms with Gasteiger partial charge in [0.25, 0.3) is 5.56 Å². The zero-order chi connectivity index (χ0) is 31.6.